The SMILES string of the molecule is NCC(O)C(O)c1cnc2cnccn12. The first-order valence-electron chi connectivity index (χ1n) is 4.57. The molecule has 4 N–H and O–H groups in total. The minimum atomic E-state index is -1.03. The van der Waals surface area contributed by atoms with E-state index in [2.05, 4.69) is 9.97 Å². The molecule has 0 amide bonds. The third-order valence-electron chi connectivity index (χ3n) is 2.25. The van der Waals surface area contributed by atoms with E-state index in [0.717, 1.165) is 0 Å². The van der Waals surface area contributed by atoms with E-state index < -0.39 is 12.2 Å². The summed E-state index contributed by atoms with van der Waals surface area (Å²) < 4.78 is 1.66. The molecule has 80 valence electrons. The standard InChI is InChI=1S/C9H12N4O2/c10-3-7(14)9(15)6-4-12-8-5-11-1-2-13(6)8/h1-2,4-5,7,9,14-15H,3,10H2. The van der Waals surface area contributed by atoms with Crippen molar-refractivity contribution >= 4 is 5.65 Å². The second-order valence-corrected chi connectivity index (χ2v) is 3.24. The minimum absolute atomic E-state index is 0.000512. The average molecular weight is 208 g/mol. The lowest BCUT2D eigenvalue weighted by Crippen LogP contribution is -2.27. The summed E-state index contributed by atoms with van der Waals surface area (Å²) >= 11 is 0. The Morgan fingerprint density at radius 1 is 1.40 bits per heavy atom. The molecule has 0 bridgehead atoms. The van der Waals surface area contributed by atoms with Crippen LogP contribution in [0, 0.1) is 0 Å². The van der Waals surface area contributed by atoms with Crippen LogP contribution in [0.25, 0.3) is 5.65 Å². The molecule has 0 saturated heterocycles. The third-order valence-corrected chi connectivity index (χ3v) is 2.25. The number of fused-ring (bicyclic) bond motifs is 1. The zero-order valence-corrected chi connectivity index (χ0v) is 7.98. The fourth-order valence-corrected chi connectivity index (χ4v) is 1.41. The van der Waals surface area contributed by atoms with E-state index in [1.165, 1.54) is 6.20 Å². The summed E-state index contributed by atoms with van der Waals surface area (Å²) in [6.45, 7) is -0.000512. The highest BCUT2D eigenvalue weighted by Gasteiger charge is 2.20. The lowest BCUT2D eigenvalue weighted by atomic mass is 10.1. The third kappa shape index (κ3) is 1.70. The Morgan fingerprint density at radius 3 is 2.93 bits per heavy atom. The van der Waals surface area contributed by atoms with Crippen molar-refractivity contribution in [3.63, 3.8) is 0 Å². The van der Waals surface area contributed by atoms with E-state index >= 15 is 0 Å². The summed E-state index contributed by atoms with van der Waals surface area (Å²) in [6.07, 6.45) is 4.31. The normalized spacial score (nSPS) is 15.4. The number of imidazole rings is 1. The molecule has 0 spiro atoms. The summed E-state index contributed by atoms with van der Waals surface area (Å²) in [5, 5.41) is 19.2. The Hall–Kier alpha value is -1.50. The number of aliphatic hydroxyl groups excluding tert-OH is 2. The molecule has 0 fully saturated rings. The molecule has 6 heteroatoms. The van der Waals surface area contributed by atoms with Crippen LogP contribution in [-0.2, 0) is 0 Å². The summed E-state index contributed by atoms with van der Waals surface area (Å²) in [7, 11) is 0. The topological polar surface area (TPSA) is 96.7 Å². The van der Waals surface area contributed by atoms with E-state index in [4.69, 9.17) is 5.73 Å². The monoisotopic (exact) mass is 208 g/mol. The van der Waals surface area contributed by atoms with E-state index in [0.29, 0.717) is 11.3 Å². The first-order chi connectivity index (χ1) is 7.24. The summed E-state index contributed by atoms with van der Waals surface area (Å²) in [5.41, 5.74) is 6.40. The molecule has 6 nitrogen and oxygen atoms in total. The lowest BCUT2D eigenvalue weighted by Gasteiger charge is -2.15. The average Bonchev–Trinajstić information content (AvgIpc) is 2.70. The van der Waals surface area contributed by atoms with Crippen molar-refractivity contribution in [3.8, 4) is 0 Å². The maximum atomic E-state index is 9.76. The molecule has 0 saturated carbocycles. The predicted molar refractivity (Wildman–Crippen MR) is 53.0 cm³/mol. The molecule has 2 aromatic rings. The molecule has 0 aromatic carbocycles. The van der Waals surface area contributed by atoms with Crippen molar-refractivity contribution < 1.29 is 10.2 Å². The quantitative estimate of drug-likeness (QED) is 0.606. The van der Waals surface area contributed by atoms with Crippen molar-refractivity contribution in [2.75, 3.05) is 6.54 Å². The van der Waals surface area contributed by atoms with Crippen molar-refractivity contribution in [1.29, 1.82) is 0 Å². The van der Waals surface area contributed by atoms with Gasteiger partial charge in [-0.2, -0.15) is 0 Å². The summed E-state index contributed by atoms with van der Waals surface area (Å²) in [6, 6.07) is 0. The molecule has 0 aliphatic rings. The second kappa shape index (κ2) is 3.93. The number of aromatic nitrogens is 3. The van der Waals surface area contributed by atoms with Crippen LogP contribution >= 0.6 is 0 Å². The van der Waals surface area contributed by atoms with E-state index in [1.807, 2.05) is 0 Å². The molecule has 2 atom stereocenters. The smallest absolute Gasteiger partial charge is 0.155 e. The maximum absolute atomic E-state index is 9.76. The molecule has 0 aliphatic carbocycles. The predicted octanol–water partition coefficient (Wildman–Crippen LogP) is -0.918. The van der Waals surface area contributed by atoms with Gasteiger partial charge in [-0.3, -0.25) is 9.38 Å². The van der Waals surface area contributed by atoms with E-state index in [9.17, 15) is 10.2 Å². The Bertz CT molecular complexity index is 456. The van der Waals surface area contributed by atoms with Crippen molar-refractivity contribution in [3.05, 3.63) is 30.5 Å². The Kier molecular flexibility index (Phi) is 2.63. The van der Waals surface area contributed by atoms with Gasteiger partial charge in [0.2, 0.25) is 0 Å². The summed E-state index contributed by atoms with van der Waals surface area (Å²) in [4.78, 5) is 7.94. The fraction of sp³-hybridized carbons (Fsp3) is 0.333. The van der Waals surface area contributed by atoms with Crippen LogP contribution in [0.3, 0.4) is 0 Å². The zero-order chi connectivity index (χ0) is 10.8. The molecular formula is C9H12N4O2. The lowest BCUT2D eigenvalue weighted by molar-refractivity contribution is 0.0212. The zero-order valence-electron chi connectivity index (χ0n) is 7.98. The first kappa shape index (κ1) is 10.0. The molecule has 2 rings (SSSR count). The van der Waals surface area contributed by atoms with E-state index in [-0.39, 0.29) is 6.54 Å². The van der Waals surface area contributed by atoms with Crippen LogP contribution in [0.2, 0.25) is 0 Å². The van der Waals surface area contributed by atoms with Crippen molar-refractivity contribution in [2.24, 2.45) is 5.73 Å². The first-order valence-corrected chi connectivity index (χ1v) is 4.57. The minimum Gasteiger partial charge on any atom is -0.389 e. The highest BCUT2D eigenvalue weighted by Crippen LogP contribution is 2.17. The molecule has 0 radical (unpaired) electrons. The number of nitrogens with zero attached hydrogens (tertiary/aromatic N) is 3. The Labute approximate surface area is 86.0 Å². The molecule has 2 unspecified atom stereocenters. The molecule has 0 aliphatic heterocycles. The Balaban J connectivity index is 2.43. The molecule has 2 heterocycles. The van der Waals surface area contributed by atoms with Crippen molar-refractivity contribution in [1.82, 2.24) is 14.4 Å². The highest BCUT2D eigenvalue weighted by molar-refractivity contribution is 5.37. The van der Waals surface area contributed by atoms with Gasteiger partial charge in [-0.1, -0.05) is 0 Å². The van der Waals surface area contributed by atoms with Crippen LogP contribution in [-0.4, -0.2) is 37.2 Å². The second-order valence-electron chi connectivity index (χ2n) is 3.24. The summed E-state index contributed by atoms with van der Waals surface area (Å²) in [5.74, 6) is 0. The largest absolute Gasteiger partial charge is 0.389 e. The van der Waals surface area contributed by atoms with Crippen LogP contribution in [0.15, 0.2) is 24.8 Å². The fourth-order valence-electron chi connectivity index (χ4n) is 1.41. The van der Waals surface area contributed by atoms with Gasteiger partial charge >= 0.3 is 0 Å². The van der Waals surface area contributed by atoms with Gasteiger partial charge in [0.15, 0.2) is 5.65 Å². The Morgan fingerprint density at radius 2 is 2.20 bits per heavy atom. The number of hydrogen-bond donors (Lipinski definition) is 3. The van der Waals surface area contributed by atoms with Gasteiger partial charge in [0, 0.05) is 18.9 Å². The molecule has 2 aromatic heterocycles. The van der Waals surface area contributed by atoms with Gasteiger partial charge in [0.05, 0.1) is 24.2 Å². The van der Waals surface area contributed by atoms with Gasteiger partial charge in [0.1, 0.15) is 6.10 Å². The van der Waals surface area contributed by atoms with Crippen LogP contribution in [0.1, 0.15) is 11.8 Å². The van der Waals surface area contributed by atoms with Gasteiger partial charge in [0.25, 0.3) is 0 Å². The van der Waals surface area contributed by atoms with Crippen LogP contribution in [0.4, 0.5) is 0 Å². The number of aliphatic hydroxyl groups is 2. The van der Waals surface area contributed by atoms with Crippen molar-refractivity contribution in [2.45, 2.75) is 12.2 Å². The van der Waals surface area contributed by atoms with Gasteiger partial charge in [-0.15, -0.1) is 0 Å². The van der Waals surface area contributed by atoms with E-state index in [1.54, 1.807) is 23.0 Å². The van der Waals surface area contributed by atoms with Gasteiger partial charge in [-0.25, -0.2) is 4.98 Å². The highest BCUT2D eigenvalue weighted by atomic mass is 16.3. The number of hydrogen-bond acceptors (Lipinski definition) is 5. The van der Waals surface area contributed by atoms with Gasteiger partial charge in [-0.05, 0) is 0 Å². The molecule has 15 heavy (non-hydrogen) atoms. The number of rotatable bonds is 3. The maximum Gasteiger partial charge on any atom is 0.155 e. The molecular weight excluding hydrogens is 196 g/mol. The van der Waals surface area contributed by atoms with Gasteiger partial charge < -0.3 is 15.9 Å². The number of nitrogens with two attached hydrogens (primary N) is 1. The van der Waals surface area contributed by atoms with Crippen LogP contribution < -0.4 is 5.73 Å². The van der Waals surface area contributed by atoms with Crippen LogP contribution in [0.5, 0.6) is 0 Å².